The van der Waals surface area contributed by atoms with Crippen molar-refractivity contribution in [3.8, 4) is 11.5 Å². The third-order valence-corrected chi connectivity index (χ3v) is 7.16. The van der Waals surface area contributed by atoms with E-state index >= 15 is 0 Å². The van der Waals surface area contributed by atoms with Gasteiger partial charge in [-0.3, -0.25) is 0 Å². The smallest absolute Gasteiger partial charge is 0.170 e. The monoisotopic (exact) mass is 455 g/mol. The maximum absolute atomic E-state index is 13.3. The quantitative estimate of drug-likeness (QED) is 0.487. The summed E-state index contributed by atoms with van der Waals surface area (Å²) in [5, 5.41) is 25.3. The van der Waals surface area contributed by atoms with Crippen molar-refractivity contribution in [2.45, 2.75) is 44.3 Å². The predicted octanol–water partition coefficient (Wildman–Crippen LogP) is 3.66. The normalized spacial score (nSPS) is 22.0. The Kier molecular flexibility index (Phi) is 6.23. The highest BCUT2D eigenvalue weighted by Gasteiger charge is 2.35. The number of aromatic nitrogens is 1. The molecule has 0 saturated carbocycles. The minimum absolute atomic E-state index is 0.0113. The van der Waals surface area contributed by atoms with Gasteiger partial charge in [-0.15, -0.1) is 0 Å². The van der Waals surface area contributed by atoms with E-state index in [0.29, 0.717) is 24.5 Å². The SMILES string of the molecule is NC[C@@H]1O[C@H](C2CCN(CCCc3noc4cc(F)ccc34)CC2)Cc2c1ccc(O)c2O. The molecule has 0 unspecified atom stereocenters. The molecule has 33 heavy (non-hydrogen) atoms. The topological polar surface area (TPSA) is 105 Å². The fraction of sp³-hybridized carbons (Fsp3) is 0.480. The molecule has 176 valence electrons. The highest BCUT2D eigenvalue weighted by atomic mass is 19.1. The van der Waals surface area contributed by atoms with Gasteiger partial charge in [0.25, 0.3) is 0 Å². The number of hydrogen-bond acceptors (Lipinski definition) is 7. The summed E-state index contributed by atoms with van der Waals surface area (Å²) in [5.41, 5.74) is 8.97. The van der Waals surface area contributed by atoms with Crippen LogP contribution in [0.15, 0.2) is 34.9 Å². The van der Waals surface area contributed by atoms with Crippen LogP contribution in [0.3, 0.4) is 0 Å². The Balaban J connectivity index is 1.14. The second kappa shape index (κ2) is 9.29. The zero-order valence-corrected chi connectivity index (χ0v) is 18.5. The lowest BCUT2D eigenvalue weighted by molar-refractivity contribution is -0.0647. The van der Waals surface area contributed by atoms with Gasteiger partial charge < -0.3 is 30.1 Å². The molecule has 1 aromatic heterocycles. The fourth-order valence-electron chi connectivity index (χ4n) is 5.31. The number of rotatable bonds is 6. The Morgan fingerprint density at radius 1 is 1.15 bits per heavy atom. The Labute approximate surface area is 191 Å². The van der Waals surface area contributed by atoms with Crippen molar-refractivity contribution in [3.05, 3.63) is 53.0 Å². The van der Waals surface area contributed by atoms with Gasteiger partial charge in [-0.1, -0.05) is 11.2 Å². The van der Waals surface area contributed by atoms with Gasteiger partial charge in [-0.05, 0) is 75.0 Å². The molecule has 8 heteroatoms. The molecule has 2 aromatic carbocycles. The van der Waals surface area contributed by atoms with E-state index in [1.807, 2.05) is 0 Å². The van der Waals surface area contributed by atoms with Crippen molar-refractivity contribution >= 4 is 11.0 Å². The molecule has 2 aliphatic heterocycles. The van der Waals surface area contributed by atoms with Gasteiger partial charge in [0.1, 0.15) is 5.82 Å². The van der Waals surface area contributed by atoms with Crippen molar-refractivity contribution in [2.75, 3.05) is 26.2 Å². The molecule has 3 aromatic rings. The van der Waals surface area contributed by atoms with Crippen molar-refractivity contribution in [1.29, 1.82) is 0 Å². The number of benzene rings is 2. The summed E-state index contributed by atoms with van der Waals surface area (Å²) in [6.07, 6.45) is 4.11. The number of piperidine rings is 1. The summed E-state index contributed by atoms with van der Waals surface area (Å²) in [7, 11) is 0. The number of phenols is 2. The van der Waals surface area contributed by atoms with Crippen molar-refractivity contribution in [1.82, 2.24) is 10.1 Å². The molecule has 0 amide bonds. The number of nitrogens with zero attached hydrogens (tertiary/aromatic N) is 2. The third-order valence-electron chi connectivity index (χ3n) is 7.16. The molecule has 0 bridgehead atoms. The van der Waals surface area contributed by atoms with Crippen LogP contribution in [0.4, 0.5) is 4.39 Å². The molecule has 4 N–H and O–H groups in total. The number of aromatic hydroxyl groups is 2. The average molecular weight is 456 g/mol. The van der Waals surface area contributed by atoms with Crippen molar-refractivity contribution < 1.29 is 23.9 Å². The Hall–Kier alpha value is -2.68. The van der Waals surface area contributed by atoms with Gasteiger partial charge in [0.2, 0.25) is 0 Å². The summed E-state index contributed by atoms with van der Waals surface area (Å²) in [4.78, 5) is 2.46. The zero-order valence-electron chi connectivity index (χ0n) is 18.5. The van der Waals surface area contributed by atoms with Gasteiger partial charge in [0.05, 0.1) is 17.9 Å². The number of fused-ring (bicyclic) bond motifs is 2. The fourth-order valence-corrected chi connectivity index (χ4v) is 5.31. The van der Waals surface area contributed by atoms with E-state index in [1.165, 1.54) is 18.2 Å². The number of ether oxygens (including phenoxy) is 1. The van der Waals surface area contributed by atoms with E-state index in [-0.39, 0.29) is 29.5 Å². The number of nitrogens with two attached hydrogens (primary N) is 1. The maximum Gasteiger partial charge on any atom is 0.170 e. The maximum atomic E-state index is 13.3. The number of halogens is 1. The lowest BCUT2D eigenvalue weighted by Crippen LogP contribution is -2.42. The summed E-state index contributed by atoms with van der Waals surface area (Å²) in [5.74, 6) is -0.0623. The Morgan fingerprint density at radius 2 is 1.97 bits per heavy atom. The van der Waals surface area contributed by atoms with Crippen LogP contribution in [-0.4, -0.2) is 52.6 Å². The molecule has 7 nitrogen and oxygen atoms in total. The van der Waals surface area contributed by atoms with Gasteiger partial charge >= 0.3 is 0 Å². The van der Waals surface area contributed by atoms with Gasteiger partial charge in [-0.2, -0.15) is 0 Å². The lowest BCUT2D eigenvalue weighted by Gasteiger charge is -2.40. The summed E-state index contributed by atoms with van der Waals surface area (Å²) >= 11 is 0. The van der Waals surface area contributed by atoms with Crippen LogP contribution in [0.5, 0.6) is 11.5 Å². The van der Waals surface area contributed by atoms with Crippen LogP contribution < -0.4 is 5.73 Å². The van der Waals surface area contributed by atoms with Crippen molar-refractivity contribution in [2.24, 2.45) is 11.7 Å². The predicted molar refractivity (Wildman–Crippen MR) is 122 cm³/mol. The first kappa shape index (κ1) is 22.1. The molecule has 2 atom stereocenters. The van der Waals surface area contributed by atoms with Crippen LogP contribution in [-0.2, 0) is 17.6 Å². The van der Waals surface area contributed by atoms with E-state index in [0.717, 1.165) is 67.5 Å². The largest absolute Gasteiger partial charge is 0.504 e. The first-order valence-corrected chi connectivity index (χ1v) is 11.7. The van der Waals surface area contributed by atoms with E-state index in [1.54, 1.807) is 12.1 Å². The molecule has 0 spiro atoms. The van der Waals surface area contributed by atoms with Crippen LogP contribution in [0.2, 0.25) is 0 Å². The van der Waals surface area contributed by atoms with E-state index in [4.69, 9.17) is 15.0 Å². The van der Waals surface area contributed by atoms with E-state index in [2.05, 4.69) is 10.1 Å². The van der Waals surface area contributed by atoms with Crippen LogP contribution in [0.25, 0.3) is 11.0 Å². The van der Waals surface area contributed by atoms with Crippen LogP contribution >= 0.6 is 0 Å². The second-order valence-electron chi connectivity index (χ2n) is 9.16. The first-order chi connectivity index (χ1) is 16.0. The molecule has 1 fully saturated rings. The minimum atomic E-state index is -0.316. The standard InChI is InChI=1S/C25H30FN3O4/c26-16-3-4-18-20(28-33-23(18)12-16)2-1-9-29-10-7-15(8-11-29)22-13-19-17(24(14-27)32-22)5-6-21(30)25(19)31/h3-6,12,15,22,24,30-31H,1-2,7-11,13-14,27H2/t22-,24-/m0/s1. The second-order valence-corrected chi connectivity index (χ2v) is 9.16. The Bertz CT molecular complexity index is 1130. The summed E-state index contributed by atoms with van der Waals surface area (Å²) in [6, 6.07) is 7.85. The number of phenolic OH excluding ortho intramolecular Hbond substituents is 2. The minimum Gasteiger partial charge on any atom is -0.504 e. The highest BCUT2D eigenvalue weighted by Crippen LogP contribution is 2.42. The zero-order chi connectivity index (χ0) is 22.9. The van der Waals surface area contributed by atoms with Gasteiger partial charge in [0, 0.05) is 30.0 Å². The number of hydrogen-bond donors (Lipinski definition) is 3. The average Bonchev–Trinajstić information content (AvgIpc) is 3.23. The first-order valence-electron chi connectivity index (χ1n) is 11.7. The third kappa shape index (κ3) is 4.43. The van der Waals surface area contributed by atoms with Crippen LogP contribution in [0.1, 0.15) is 42.2 Å². The molecule has 2 aliphatic rings. The highest BCUT2D eigenvalue weighted by molar-refractivity contribution is 5.79. The summed E-state index contributed by atoms with van der Waals surface area (Å²) in [6.45, 7) is 3.29. The number of likely N-dealkylation sites (tertiary alicyclic amines) is 1. The molecule has 3 heterocycles. The van der Waals surface area contributed by atoms with Gasteiger partial charge in [-0.25, -0.2) is 4.39 Å². The van der Waals surface area contributed by atoms with Crippen LogP contribution in [0, 0.1) is 11.7 Å². The van der Waals surface area contributed by atoms with Gasteiger partial charge in [0.15, 0.2) is 17.1 Å². The van der Waals surface area contributed by atoms with E-state index < -0.39 is 0 Å². The Morgan fingerprint density at radius 3 is 2.76 bits per heavy atom. The molecular weight excluding hydrogens is 425 g/mol. The van der Waals surface area contributed by atoms with Crippen molar-refractivity contribution in [3.63, 3.8) is 0 Å². The molecule has 1 saturated heterocycles. The molecule has 0 aliphatic carbocycles. The lowest BCUT2D eigenvalue weighted by atomic mass is 9.83. The van der Waals surface area contributed by atoms with E-state index in [9.17, 15) is 14.6 Å². The summed E-state index contributed by atoms with van der Waals surface area (Å²) < 4.78 is 24.9. The molecule has 0 radical (unpaired) electrons. The molecule has 5 rings (SSSR count). The molecular formula is C25H30FN3O4. The number of aryl methyl sites for hydroxylation is 1.